The number of pyridine rings is 1. The third kappa shape index (κ3) is 3.72. The number of nitrogens with zero attached hydrogens (tertiary/aromatic N) is 2. The van der Waals surface area contributed by atoms with E-state index in [4.69, 9.17) is 12.2 Å². The van der Waals surface area contributed by atoms with Crippen LogP contribution in [-0.4, -0.2) is 15.0 Å². The summed E-state index contributed by atoms with van der Waals surface area (Å²) in [4.78, 5) is 13.9. The van der Waals surface area contributed by atoms with Gasteiger partial charge in [0.05, 0.1) is 4.92 Å². The van der Waals surface area contributed by atoms with Crippen LogP contribution in [0.5, 0.6) is 0 Å². The van der Waals surface area contributed by atoms with Crippen LogP contribution in [0.4, 0.5) is 17.2 Å². The molecule has 2 aromatic rings. The van der Waals surface area contributed by atoms with Crippen LogP contribution in [0.1, 0.15) is 5.56 Å². The summed E-state index contributed by atoms with van der Waals surface area (Å²) in [6, 6.07) is 10.6. The number of hydrogen-bond acceptors (Lipinski definition) is 4. The monoisotopic (exact) mass is 288 g/mol. The SMILES string of the molecule is Cc1cccc(NC(=S)Nc2ccc([N+](=O)[O-])cn2)c1. The van der Waals surface area contributed by atoms with Crippen LogP contribution in [0.3, 0.4) is 0 Å². The number of nitrogens with one attached hydrogen (secondary N) is 2. The largest absolute Gasteiger partial charge is 0.332 e. The Balaban J connectivity index is 1.99. The predicted octanol–water partition coefficient (Wildman–Crippen LogP) is 3.11. The number of benzene rings is 1. The van der Waals surface area contributed by atoms with Crippen LogP contribution < -0.4 is 10.6 Å². The normalized spacial score (nSPS) is 9.85. The second kappa shape index (κ2) is 6.07. The standard InChI is InChI=1S/C13H12N4O2S/c1-9-3-2-4-10(7-9)15-13(20)16-12-6-5-11(8-14-12)17(18)19/h2-8H,1H3,(H2,14,15,16,20). The molecule has 20 heavy (non-hydrogen) atoms. The maximum atomic E-state index is 10.5. The van der Waals surface area contributed by atoms with Crippen LogP contribution in [0.15, 0.2) is 42.6 Å². The molecule has 0 aliphatic carbocycles. The van der Waals surface area contributed by atoms with Gasteiger partial charge < -0.3 is 10.6 Å². The molecule has 0 atom stereocenters. The van der Waals surface area contributed by atoms with Crippen molar-refractivity contribution in [3.05, 3.63) is 58.3 Å². The molecular weight excluding hydrogens is 276 g/mol. The van der Waals surface area contributed by atoms with E-state index in [-0.39, 0.29) is 5.69 Å². The van der Waals surface area contributed by atoms with Gasteiger partial charge in [-0.3, -0.25) is 10.1 Å². The van der Waals surface area contributed by atoms with Gasteiger partial charge in [0.15, 0.2) is 5.11 Å². The summed E-state index contributed by atoms with van der Waals surface area (Å²) >= 11 is 5.15. The van der Waals surface area contributed by atoms with E-state index >= 15 is 0 Å². The summed E-state index contributed by atoms with van der Waals surface area (Å²) in [5.41, 5.74) is 1.92. The number of anilines is 2. The summed E-state index contributed by atoms with van der Waals surface area (Å²) in [6.45, 7) is 1.99. The molecular formula is C13H12N4O2S. The fourth-order valence-electron chi connectivity index (χ4n) is 1.57. The molecule has 0 aliphatic rings. The van der Waals surface area contributed by atoms with Gasteiger partial charge in [-0.1, -0.05) is 12.1 Å². The summed E-state index contributed by atoms with van der Waals surface area (Å²) in [5.74, 6) is 0.445. The van der Waals surface area contributed by atoms with Crippen LogP contribution in [-0.2, 0) is 0 Å². The first-order chi connectivity index (χ1) is 9.54. The van der Waals surface area contributed by atoms with Gasteiger partial charge in [-0.25, -0.2) is 4.98 Å². The minimum atomic E-state index is -0.500. The topological polar surface area (TPSA) is 80.1 Å². The van der Waals surface area contributed by atoms with E-state index in [0.29, 0.717) is 10.9 Å². The third-order valence-electron chi connectivity index (χ3n) is 2.48. The lowest BCUT2D eigenvalue weighted by atomic mass is 10.2. The molecule has 2 rings (SSSR count). The Morgan fingerprint density at radius 1 is 1.30 bits per heavy atom. The molecule has 7 heteroatoms. The van der Waals surface area contributed by atoms with Crippen molar-refractivity contribution in [1.29, 1.82) is 0 Å². The highest BCUT2D eigenvalue weighted by atomic mass is 32.1. The first kappa shape index (κ1) is 13.9. The molecule has 0 amide bonds. The third-order valence-corrected chi connectivity index (χ3v) is 2.68. The van der Waals surface area contributed by atoms with Crippen molar-refractivity contribution >= 4 is 34.5 Å². The summed E-state index contributed by atoms with van der Waals surface area (Å²) in [5, 5.41) is 16.8. The molecule has 0 aliphatic heterocycles. The second-order valence-corrected chi connectivity index (χ2v) is 4.52. The molecule has 102 valence electrons. The zero-order valence-corrected chi connectivity index (χ0v) is 11.5. The number of thiocarbonyl (C=S) groups is 1. The van der Waals surface area contributed by atoms with Gasteiger partial charge >= 0.3 is 0 Å². The Labute approximate surface area is 121 Å². The Morgan fingerprint density at radius 2 is 2.10 bits per heavy atom. The van der Waals surface area contributed by atoms with Gasteiger partial charge in [-0.15, -0.1) is 0 Å². The van der Waals surface area contributed by atoms with E-state index in [2.05, 4.69) is 15.6 Å². The first-order valence-corrected chi connectivity index (χ1v) is 6.20. The van der Waals surface area contributed by atoms with Gasteiger partial charge in [0, 0.05) is 11.8 Å². The van der Waals surface area contributed by atoms with Gasteiger partial charge in [0.25, 0.3) is 5.69 Å². The maximum Gasteiger partial charge on any atom is 0.287 e. The van der Waals surface area contributed by atoms with Gasteiger partial charge in [0.1, 0.15) is 12.0 Å². The molecule has 0 fully saturated rings. The Bertz CT molecular complexity index is 643. The Hall–Kier alpha value is -2.54. The van der Waals surface area contributed by atoms with Crippen molar-refractivity contribution in [2.75, 3.05) is 10.6 Å². The van der Waals surface area contributed by atoms with E-state index in [9.17, 15) is 10.1 Å². The minimum Gasteiger partial charge on any atom is -0.332 e. The molecule has 0 radical (unpaired) electrons. The molecule has 1 aromatic carbocycles. The van der Waals surface area contributed by atoms with Gasteiger partial charge in [0.2, 0.25) is 0 Å². The van der Waals surface area contributed by atoms with Crippen molar-refractivity contribution in [2.45, 2.75) is 6.92 Å². The van der Waals surface area contributed by atoms with Crippen molar-refractivity contribution in [3.8, 4) is 0 Å². The van der Waals surface area contributed by atoms with E-state index in [1.807, 2.05) is 31.2 Å². The Morgan fingerprint density at radius 3 is 2.70 bits per heavy atom. The summed E-state index contributed by atoms with van der Waals surface area (Å²) < 4.78 is 0. The predicted molar refractivity (Wildman–Crippen MR) is 81.9 cm³/mol. The maximum absolute atomic E-state index is 10.5. The fraction of sp³-hybridized carbons (Fsp3) is 0.0769. The van der Waals surface area contributed by atoms with Crippen LogP contribution in [0.25, 0.3) is 0 Å². The summed E-state index contributed by atoms with van der Waals surface area (Å²) in [6.07, 6.45) is 1.18. The first-order valence-electron chi connectivity index (χ1n) is 5.80. The van der Waals surface area contributed by atoms with E-state index in [1.54, 1.807) is 0 Å². The van der Waals surface area contributed by atoms with Crippen molar-refractivity contribution in [1.82, 2.24) is 4.98 Å². The molecule has 1 heterocycles. The Kier molecular flexibility index (Phi) is 4.21. The summed E-state index contributed by atoms with van der Waals surface area (Å²) in [7, 11) is 0. The van der Waals surface area contributed by atoms with E-state index in [1.165, 1.54) is 18.3 Å². The smallest absolute Gasteiger partial charge is 0.287 e. The number of aryl methyl sites for hydroxylation is 1. The highest BCUT2D eigenvalue weighted by molar-refractivity contribution is 7.80. The highest BCUT2D eigenvalue weighted by Crippen LogP contribution is 2.13. The molecule has 0 saturated heterocycles. The van der Waals surface area contributed by atoms with Gasteiger partial charge in [-0.2, -0.15) is 0 Å². The van der Waals surface area contributed by atoms with Crippen molar-refractivity contribution in [3.63, 3.8) is 0 Å². The lowest BCUT2D eigenvalue weighted by molar-refractivity contribution is -0.385. The lowest BCUT2D eigenvalue weighted by Crippen LogP contribution is -2.19. The molecule has 1 aromatic heterocycles. The molecule has 2 N–H and O–H groups in total. The average Bonchev–Trinajstić information content (AvgIpc) is 2.39. The van der Waals surface area contributed by atoms with Crippen molar-refractivity contribution < 1.29 is 4.92 Å². The zero-order valence-electron chi connectivity index (χ0n) is 10.7. The molecule has 0 saturated carbocycles. The number of aromatic nitrogens is 1. The van der Waals surface area contributed by atoms with E-state index in [0.717, 1.165) is 11.3 Å². The van der Waals surface area contributed by atoms with Crippen molar-refractivity contribution in [2.24, 2.45) is 0 Å². The highest BCUT2D eigenvalue weighted by Gasteiger charge is 2.06. The molecule has 0 unspecified atom stereocenters. The fourth-order valence-corrected chi connectivity index (χ4v) is 1.79. The molecule has 0 bridgehead atoms. The minimum absolute atomic E-state index is 0.0619. The molecule has 0 spiro atoms. The quantitative estimate of drug-likeness (QED) is 0.513. The number of nitro groups is 1. The van der Waals surface area contributed by atoms with Gasteiger partial charge in [-0.05, 0) is 42.9 Å². The van der Waals surface area contributed by atoms with Crippen LogP contribution in [0, 0.1) is 17.0 Å². The number of rotatable bonds is 3. The second-order valence-electron chi connectivity index (χ2n) is 4.11. The molecule has 6 nitrogen and oxygen atoms in total. The van der Waals surface area contributed by atoms with Crippen LogP contribution >= 0.6 is 12.2 Å². The van der Waals surface area contributed by atoms with Crippen LogP contribution in [0.2, 0.25) is 0 Å². The number of hydrogen-bond donors (Lipinski definition) is 2. The zero-order chi connectivity index (χ0) is 14.5. The average molecular weight is 288 g/mol. The van der Waals surface area contributed by atoms with E-state index < -0.39 is 4.92 Å². The lowest BCUT2D eigenvalue weighted by Gasteiger charge is -2.10.